The summed E-state index contributed by atoms with van der Waals surface area (Å²) >= 11 is 1.26. The van der Waals surface area contributed by atoms with E-state index in [1.807, 2.05) is 12.1 Å². The Morgan fingerprint density at radius 2 is 2.00 bits per heavy atom. The van der Waals surface area contributed by atoms with Crippen molar-refractivity contribution in [2.24, 2.45) is 0 Å². The molecule has 0 amide bonds. The summed E-state index contributed by atoms with van der Waals surface area (Å²) in [5.74, 6) is 0. The predicted octanol–water partition coefficient (Wildman–Crippen LogP) is 2.24. The average Bonchev–Trinajstić information content (AvgIpc) is 3.15. The molecule has 1 aliphatic carbocycles. The van der Waals surface area contributed by atoms with Crippen molar-refractivity contribution in [3.63, 3.8) is 0 Å². The van der Waals surface area contributed by atoms with E-state index in [2.05, 4.69) is 15.0 Å². The van der Waals surface area contributed by atoms with Gasteiger partial charge in [0.1, 0.15) is 0 Å². The van der Waals surface area contributed by atoms with Crippen LogP contribution < -0.4 is 10.0 Å². The van der Waals surface area contributed by atoms with E-state index in [0.29, 0.717) is 11.2 Å². The van der Waals surface area contributed by atoms with E-state index < -0.39 is 10.0 Å². The number of thiazole rings is 1. The van der Waals surface area contributed by atoms with Gasteiger partial charge in [0.05, 0.1) is 4.90 Å². The fraction of sp³-hybridized carbons (Fsp3) is 0.357. The third-order valence-electron chi connectivity index (χ3n) is 3.31. The topological polar surface area (TPSA) is 71.1 Å². The van der Waals surface area contributed by atoms with Crippen LogP contribution >= 0.6 is 11.3 Å². The van der Waals surface area contributed by atoms with Crippen molar-refractivity contribution in [3.8, 4) is 0 Å². The van der Waals surface area contributed by atoms with Crippen molar-refractivity contribution < 1.29 is 8.42 Å². The molecule has 21 heavy (non-hydrogen) atoms. The Hall–Kier alpha value is -1.44. The van der Waals surface area contributed by atoms with Crippen LogP contribution in [-0.2, 0) is 16.4 Å². The molecule has 0 bridgehead atoms. The van der Waals surface area contributed by atoms with E-state index in [4.69, 9.17) is 0 Å². The first-order valence-corrected chi connectivity index (χ1v) is 9.24. The van der Waals surface area contributed by atoms with Gasteiger partial charge in [0.25, 0.3) is 10.0 Å². The van der Waals surface area contributed by atoms with Gasteiger partial charge in [-0.1, -0.05) is 12.1 Å². The lowest BCUT2D eigenvalue weighted by Crippen LogP contribution is -2.19. The van der Waals surface area contributed by atoms with Crippen molar-refractivity contribution in [2.45, 2.75) is 30.2 Å². The van der Waals surface area contributed by atoms with Crippen molar-refractivity contribution >= 4 is 26.5 Å². The molecule has 3 rings (SSSR count). The predicted molar refractivity (Wildman–Crippen MR) is 84.1 cm³/mol. The average molecular weight is 323 g/mol. The normalized spacial score (nSPS) is 15.0. The largest absolute Gasteiger partial charge is 0.314 e. The first kappa shape index (κ1) is 14.5. The number of sulfonamides is 1. The van der Waals surface area contributed by atoms with Gasteiger partial charge < -0.3 is 5.32 Å². The number of benzene rings is 1. The Kier molecular flexibility index (Phi) is 4.23. The monoisotopic (exact) mass is 323 g/mol. The third kappa shape index (κ3) is 4.03. The summed E-state index contributed by atoms with van der Waals surface area (Å²) in [6, 6.07) is 7.72. The second-order valence-corrected chi connectivity index (χ2v) is 7.64. The minimum atomic E-state index is -3.54. The number of nitrogens with zero attached hydrogens (tertiary/aromatic N) is 1. The summed E-state index contributed by atoms with van der Waals surface area (Å²) in [6.45, 7) is 0.939. The van der Waals surface area contributed by atoms with E-state index in [9.17, 15) is 8.42 Å². The van der Waals surface area contributed by atoms with Crippen LogP contribution in [0.5, 0.6) is 0 Å². The maximum Gasteiger partial charge on any atom is 0.263 e. The Bertz CT molecular complexity index is 678. The molecule has 5 nitrogen and oxygen atoms in total. The Balaban J connectivity index is 1.62. The van der Waals surface area contributed by atoms with Gasteiger partial charge in [-0.05, 0) is 43.5 Å². The van der Waals surface area contributed by atoms with Gasteiger partial charge in [-0.3, -0.25) is 4.72 Å². The van der Waals surface area contributed by atoms with Crippen molar-refractivity contribution in [3.05, 3.63) is 41.4 Å². The van der Waals surface area contributed by atoms with Crippen LogP contribution in [0.2, 0.25) is 0 Å². The summed E-state index contributed by atoms with van der Waals surface area (Å²) < 4.78 is 26.8. The summed E-state index contributed by atoms with van der Waals surface area (Å²) in [6.07, 6.45) is 5.04. The zero-order chi connectivity index (χ0) is 14.7. The molecule has 0 atom stereocenters. The zero-order valence-electron chi connectivity index (χ0n) is 11.5. The maximum atomic E-state index is 12.2. The van der Waals surface area contributed by atoms with Crippen molar-refractivity contribution in [1.82, 2.24) is 10.3 Å². The number of rotatable bonds is 7. The highest BCUT2D eigenvalue weighted by atomic mass is 32.2. The molecule has 0 spiro atoms. The molecule has 1 heterocycles. The third-order valence-corrected chi connectivity index (χ3v) is 5.48. The molecule has 1 aromatic heterocycles. The lowest BCUT2D eigenvalue weighted by molar-refractivity contribution is 0.601. The minimum absolute atomic E-state index is 0.261. The van der Waals surface area contributed by atoms with Crippen molar-refractivity contribution in [1.29, 1.82) is 0 Å². The fourth-order valence-corrected chi connectivity index (χ4v) is 3.78. The highest BCUT2D eigenvalue weighted by Gasteiger charge is 2.19. The van der Waals surface area contributed by atoms with E-state index in [1.54, 1.807) is 23.7 Å². The molecule has 0 radical (unpaired) electrons. The summed E-state index contributed by atoms with van der Waals surface area (Å²) in [4.78, 5) is 4.19. The van der Waals surface area contributed by atoms with Crippen LogP contribution in [0.1, 0.15) is 18.4 Å². The molecule has 1 aromatic carbocycles. The number of hydrogen-bond acceptors (Lipinski definition) is 5. The van der Waals surface area contributed by atoms with Gasteiger partial charge >= 0.3 is 0 Å². The molecule has 1 aliphatic rings. The quantitative estimate of drug-likeness (QED) is 0.820. The van der Waals surface area contributed by atoms with E-state index >= 15 is 0 Å². The second kappa shape index (κ2) is 6.13. The molecule has 0 unspecified atom stereocenters. The lowest BCUT2D eigenvalue weighted by atomic mass is 10.1. The molecule has 112 valence electrons. The summed E-state index contributed by atoms with van der Waals surface area (Å²) in [5.41, 5.74) is 1.14. The molecule has 0 saturated heterocycles. The van der Waals surface area contributed by atoms with E-state index in [-0.39, 0.29) is 4.90 Å². The first-order valence-electron chi connectivity index (χ1n) is 6.88. The van der Waals surface area contributed by atoms with Gasteiger partial charge in [0.15, 0.2) is 5.13 Å². The Morgan fingerprint density at radius 1 is 1.24 bits per heavy atom. The molecule has 0 aliphatic heterocycles. The number of aromatic nitrogens is 1. The van der Waals surface area contributed by atoms with Crippen LogP contribution in [0.15, 0.2) is 40.7 Å². The SMILES string of the molecule is O=S(=O)(Nc1nccs1)c1ccc(CCNC2CC2)cc1. The lowest BCUT2D eigenvalue weighted by Gasteiger charge is -2.07. The van der Waals surface area contributed by atoms with E-state index in [0.717, 1.165) is 18.5 Å². The number of nitrogens with one attached hydrogen (secondary N) is 2. The van der Waals surface area contributed by atoms with Crippen LogP contribution in [0.25, 0.3) is 0 Å². The summed E-state index contributed by atoms with van der Waals surface area (Å²) in [7, 11) is -3.54. The molecular formula is C14H17N3O2S2. The van der Waals surface area contributed by atoms with Gasteiger partial charge in [-0.25, -0.2) is 13.4 Å². The highest BCUT2D eigenvalue weighted by molar-refractivity contribution is 7.93. The standard InChI is InChI=1S/C14H17N3O2S2/c18-21(19,17-14-16-9-10-20-14)13-5-1-11(2-6-13)7-8-15-12-3-4-12/h1-2,5-6,9-10,12,15H,3-4,7-8H2,(H,16,17). The van der Waals surface area contributed by atoms with Gasteiger partial charge in [0, 0.05) is 17.6 Å². The van der Waals surface area contributed by atoms with Gasteiger partial charge in [-0.2, -0.15) is 0 Å². The highest BCUT2D eigenvalue weighted by Crippen LogP contribution is 2.19. The molecule has 7 heteroatoms. The maximum absolute atomic E-state index is 12.2. The molecule has 1 fully saturated rings. The molecule has 2 N–H and O–H groups in total. The Labute approximate surface area is 128 Å². The van der Waals surface area contributed by atoms with Gasteiger partial charge in [-0.15, -0.1) is 11.3 Å². The zero-order valence-corrected chi connectivity index (χ0v) is 13.1. The van der Waals surface area contributed by atoms with Crippen LogP contribution in [-0.4, -0.2) is 26.0 Å². The Morgan fingerprint density at radius 3 is 2.62 bits per heavy atom. The van der Waals surface area contributed by atoms with Crippen LogP contribution in [0.4, 0.5) is 5.13 Å². The smallest absolute Gasteiger partial charge is 0.263 e. The minimum Gasteiger partial charge on any atom is -0.314 e. The van der Waals surface area contributed by atoms with Crippen LogP contribution in [0, 0.1) is 0 Å². The van der Waals surface area contributed by atoms with Gasteiger partial charge in [0.2, 0.25) is 0 Å². The van der Waals surface area contributed by atoms with E-state index in [1.165, 1.54) is 24.2 Å². The summed E-state index contributed by atoms with van der Waals surface area (Å²) in [5, 5.41) is 5.55. The molecular weight excluding hydrogens is 306 g/mol. The second-order valence-electron chi connectivity index (χ2n) is 5.07. The van der Waals surface area contributed by atoms with Crippen molar-refractivity contribution in [2.75, 3.05) is 11.3 Å². The molecule has 2 aromatic rings. The first-order chi connectivity index (χ1) is 10.1. The number of hydrogen-bond donors (Lipinski definition) is 2. The number of anilines is 1. The fourth-order valence-electron chi connectivity index (χ4n) is 1.99. The molecule has 1 saturated carbocycles. The van der Waals surface area contributed by atoms with Crippen LogP contribution in [0.3, 0.4) is 0 Å².